The second-order valence-electron chi connectivity index (χ2n) is 2.08. The maximum absolute atomic E-state index is 5.78. The van der Waals surface area contributed by atoms with Crippen molar-refractivity contribution in [1.29, 1.82) is 0 Å². The molecular weight excluding hydrogens is 250 g/mol. The van der Waals surface area contributed by atoms with E-state index in [1.54, 1.807) is 0 Å². The van der Waals surface area contributed by atoms with Crippen LogP contribution in [0.15, 0.2) is 43.0 Å². The molecule has 0 bridgehead atoms. The molecule has 1 aromatic carbocycles. The Morgan fingerprint density at radius 3 is 2.45 bits per heavy atom. The van der Waals surface area contributed by atoms with Gasteiger partial charge in [0, 0.05) is 0 Å². The number of hydrogen-bond donors (Lipinski definition) is 0. The first-order valence-electron chi connectivity index (χ1n) is 3.24. The molecule has 1 atom stereocenters. The fraction of sp³-hybridized carbons (Fsp3) is 0.111. The molecule has 11 heavy (non-hydrogen) atoms. The van der Waals surface area contributed by atoms with Gasteiger partial charge >= 0.3 is 79.4 Å². The van der Waals surface area contributed by atoms with Gasteiger partial charge in [-0.3, -0.25) is 0 Å². The third kappa shape index (κ3) is 2.45. The van der Waals surface area contributed by atoms with E-state index < -0.39 is 0 Å². The number of halogens is 1. The predicted molar refractivity (Wildman–Crippen MR) is 45.2 cm³/mol. The summed E-state index contributed by atoms with van der Waals surface area (Å²) in [5, 5.41) is 0. The molecule has 2 heteroatoms. The Bertz CT molecular complexity index is 220. The Kier molecular flexibility index (Phi) is 3.87. The molecule has 1 aromatic rings. The van der Waals surface area contributed by atoms with Crippen molar-refractivity contribution in [3.63, 3.8) is 0 Å². The van der Waals surface area contributed by atoms with Gasteiger partial charge in [0.25, 0.3) is 0 Å². The molecule has 0 N–H and O–H groups in total. The first-order valence-corrected chi connectivity index (χ1v) is 6.14. The first-order chi connectivity index (χ1) is 5.38. The zero-order valence-electron chi connectivity index (χ0n) is 5.94. The zero-order valence-corrected chi connectivity index (χ0v) is 8.25. The standard InChI is InChI=1S/C9H9.ClH.Pd/c1-2-6-9-7-4-3-5-8-9;;/h2-8H,1H2;1H;/q;;+1/p-1. The minimum atomic E-state index is 0.201. The molecule has 0 aliphatic heterocycles. The number of benzene rings is 1. The van der Waals surface area contributed by atoms with Gasteiger partial charge in [-0.05, 0) is 0 Å². The van der Waals surface area contributed by atoms with E-state index in [1.165, 1.54) is 5.56 Å². The number of rotatable bonds is 3. The SMILES string of the molecule is C=C[CH]([Pd][Cl])c1ccccc1. The van der Waals surface area contributed by atoms with Crippen molar-refractivity contribution in [2.24, 2.45) is 0 Å². The van der Waals surface area contributed by atoms with Crippen LogP contribution >= 0.6 is 9.53 Å². The predicted octanol–water partition coefficient (Wildman–Crippen LogP) is 3.15. The Morgan fingerprint density at radius 2 is 2.00 bits per heavy atom. The summed E-state index contributed by atoms with van der Waals surface area (Å²) in [5.74, 6) is 0. The van der Waals surface area contributed by atoms with Crippen LogP contribution in [-0.4, -0.2) is 0 Å². The molecule has 0 aromatic heterocycles. The van der Waals surface area contributed by atoms with E-state index in [9.17, 15) is 0 Å². The van der Waals surface area contributed by atoms with Crippen LogP contribution in [0, 0.1) is 0 Å². The van der Waals surface area contributed by atoms with Gasteiger partial charge in [-0.25, -0.2) is 0 Å². The van der Waals surface area contributed by atoms with Crippen LogP contribution in [0.3, 0.4) is 0 Å². The van der Waals surface area contributed by atoms with Crippen molar-refractivity contribution < 1.29 is 17.0 Å². The minimum absolute atomic E-state index is 0.201. The van der Waals surface area contributed by atoms with Crippen LogP contribution < -0.4 is 0 Å². The van der Waals surface area contributed by atoms with Crippen molar-refractivity contribution in [1.82, 2.24) is 0 Å². The van der Waals surface area contributed by atoms with Gasteiger partial charge in [0.2, 0.25) is 0 Å². The quantitative estimate of drug-likeness (QED) is 0.577. The van der Waals surface area contributed by atoms with Gasteiger partial charge < -0.3 is 0 Å². The Balaban J connectivity index is 2.82. The van der Waals surface area contributed by atoms with Gasteiger partial charge in [-0.1, -0.05) is 0 Å². The van der Waals surface area contributed by atoms with E-state index in [1.807, 2.05) is 24.3 Å². The molecule has 0 heterocycles. The van der Waals surface area contributed by atoms with Crippen LogP contribution in [-0.2, 0) is 17.0 Å². The van der Waals surface area contributed by atoms with Crippen LogP contribution in [0.25, 0.3) is 0 Å². The van der Waals surface area contributed by atoms with Crippen LogP contribution in [0.2, 0.25) is 0 Å². The van der Waals surface area contributed by atoms with Crippen molar-refractivity contribution in [3.05, 3.63) is 48.6 Å². The van der Waals surface area contributed by atoms with E-state index >= 15 is 0 Å². The van der Waals surface area contributed by atoms with Crippen molar-refractivity contribution >= 4 is 9.53 Å². The zero-order chi connectivity index (χ0) is 8.10. The van der Waals surface area contributed by atoms with Gasteiger partial charge in [-0.2, -0.15) is 0 Å². The van der Waals surface area contributed by atoms with Crippen molar-refractivity contribution in [2.45, 2.75) is 4.39 Å². The summed E-state index contributed by atoms with van der Waals surface area (Å²) in [6, 6.07) is 10.2. The summed E-state index contributed by atoms with van der Waals surface area (Å²) in [6.07, 6.45) is 1.90. The fourth-order valence-corrected chi connectivity index (χ4v) is 2.27. The third-order valence-corrected chi connectivity index (χ3v) is 3.49. The first kappa shape index (κ1) is 9.00. The molecule has 62 valence electrons. The van der Waals surface area contributed by atoms with Gasteiger partial charge in [-0.15, -0.1) is 0 Å². The molecule has 0 amide bonds. The Hall–Kier alpha value is -0.0877. The van der Waals surface area contributed by atoms with Crippen LogP contribution in [0.5, 0.6) is 0 Å². The average Bonchev–Trinajstić information content (AvgIpc) is 2.09. The fourth-order valence-electron chi connectivity index (χ4n) is 0.829. The van der Waals surface area contributed by atoms with Gasteiger partial charge in [0.05, 0.1) is 0 Å². The van der Waals surface area contributed by atoms with E-state index in [4.69, 9.17) is 9.53 Å². The summed E-state index contributed by atoms with van der Waals surface area (Å²) in [7, 11) is 5.78. The third-order valence-electron chi connectivity index (χ3n) is 1.36. The molecule has 1 unspecified atom stereocenters. The summed E-state index contributed by atoms with van der Waals surface area (Å²) in [6.45, 7) is 3.74. The molecule has 0 aliphatic rings. The summed E-state index contributed by atoms with van der Waals surface area (Å²) in [5.41, 5.74) is 1.26. The van der Waals surface area contributed by atoms with Crippen LogP contribution in [0.4, 0.5) is 0 Å². The molecule has 1 rings (SSSR count). The van der Waals surface area contributed by atoms with E-state index in [0.717, 1.165) is 0 Å². The number of allylic oxidation sites excluding steroid dienone is 1. The average molecular weight is 259 g/mol. The maximum atomic E-state index is 5.78. The van der Waals surface area contributed by atoms with E-state index in [2.05, 4.69) is 18.7 Å². The second-order valence-corrected chi connectivity index (χ2v) is 4.20. The Labute approximate surface area is 79.4 Å². The monoisotopic (exact) mass is 258 g/mol. The Morgan fingerprint density at radius 1 is 1.36 bits per heavy atom. The van der Waals surface area contributed by atoms with E-state index in [-0.39, 0.29) is 17.0 Å². The number of hydrogen-bond acceptors (Lipinski definition) is 0. The normalized spacial score (nSPS) is 12.8. The summed E-state index contributed by atoms with van der Waals surface area (Å²) in [4.78, 5) is 0. The molecule has 0 fully saturated rings. The summed E-state index contributed by atoms with van der Waals surface area (Å²) >= 11 is 0.201. The molecular formula is C9H9ClPd. The summed E-state index contributed by atoms with van der Waals surface area (Å²) < 4.78 is 0.340. The molecule has 0 nitrogen and oxygen atoms in total. The topological polar surface area (TPSA) is 0 Å². The van der Waals surface area contributed by atoms with Gasteiger partial charge in [0.15, 0.2) is 0 Å². The van der Waals surface area contributed by atoms with Crippen LogP contribution in [0.1, 0.15) is 9.95 Å². The van der Waals surface area contributed by atoms with Crippen molar-refractivity contribution in [2.75, 3.05) is 0 Å². The second kappa shape index (κ2) is 4.72. The molecule has 0 radical (unpaired) electrons. The molecule has 0 spiro atoms. The molecule has 0 saturated heterocycles. The van der Waals surface area contributed by atoms with E-state index in [0.29, 0.717) is 4.39 Å². The molecule has 0 saturated carbocycles. The van der Waals surface area contributed by atoms with Gasteiger partial charge in [0.1, 0.15) is 0 Å². The van der Waals surface area contributed by atoms with Crippen molar-refractivity contribution in [3.8, 4) is 0 Å². The molecule has 0 aliphatic carbocycles.